The van der Waals surface area contributed by atoms with Gasteiger partial charge in [-0.25, -0.2) is 0 Å². The van der Waals surface area contributed by atoms with Crippen molar-refractivity contribution in [2.75, 3.05) is 13.2 Å². The van der Waals surface area contributed by atoms with Crippen LogP contribution in [0, 0.1) is 5.41 Å². The van der Waals surface area contributed by atoms with Crippen LogP contribution in [0.3, 0.4) is 0 Å². The van der Waals surface area contributed by atoms with Gasteiger partial charge in [-0.15, -0.1) is 0 Å². The van der Waals surface area contributed by atoms with Crippen molar-refractivity contribution >= 4 is 5.97 Å². The van der Waals surface area contributed by atoms with Gasteiger partial charge in [0.2, 0.25) is 0 Å². The van der Waals surface area contributed by atoms with Gasteiger partial charge in [0.25, 0.3) is 0 Å². The third-order valence-electron chi connectivity index (χ3n) is 4.09. The second kappa shape index (κ2) is 4.97. The summed E-state index contributed by atoms with van der Waals surface area (Å²) in [6.45, 7) is 6.95. The lowest BCUT2D eigenvalue weighted by Crippen LogP contribution is -2.50. The molecule has 0 bridgehead atoms. The molecule has 0 unspecified atom stereocenters. The molecule has 1 fully saturated rings. The van der Waals surface area contributed by atoms with Gasteiger partial charge in [-0.2, -0.15) is 0 Å². The summed E-state index contributed by atoms with van der Waals surface area (Å²) in [6, 6.07) is 8.50. The second-order valence-electron chi connectivity index (χ2n) is 6.19. The second-order valence-corrected chi connectivity index (χ2v) is 6.19. The Morgan fingerprint density at radius 2 is 1.89 bits per heavy atom. The summed E-state index contributed by atoms with van der Waals surface area (Å²) in [5, 5.41) is 9.31. The summed E-state index contributed by atoms with van der Waals surface area (Å²) in [6.07, 6.45) is 1.63. The van der Waals surface area contributed by atoms with Crippen molar-refractivity contribution in [3.63, 3.8) is 0 Å². The molecular formula is C16H22O3. The van der Waals surface area contributed by atoms with Gasteiger partial charge in [-0.3, -0.25) is 4.79 Å². The van der Waals surface area contributed by atoms with Crippen molar-refractivity contribution in [1.29, 1.82) is 0 Å². The summed E-state index contributed by atoms with van der Waals surface area (Å²) < 4.78 is 5.38. The lowest BCUT2D eigenvalue weighted by Gasteiger charge is -2.45. The van der Waals surface area contributed by atoms with Crippen LogP contribution in [0.5, 0.6) is 0 Å². The maximum atomic E-state index is 11.3. The minimum Gasteiger partial charge on any atom is -0.481 e. The van der Waals surface area contributed by atoms with E-state index >= 15 is 0 Å². The van der Waals surface area contributed by atoms with Crippen LogP contribution in [-0.4, -0.2) is 24.3 Å². The molecule has 1 N–H and O–H groups in total. The average molecular weight is 262 g/mol. The lowest BCUT2D eigenvalue weighted by atomic mass is 9.67. The predicted molar refractivity (Wildman–Crippen MR) is 74.4 cm³/mol. The van der Waals surface area contributed by atoms with E-state index in [1.54, 1.807) is 13.8 Å². The summed E-state index contributed by atoms with van der Waals surface area (Å²) in [4.78, 5) is 11.3. The molecule has 19 heavy (non-hydrogen) atoms. The van der Waals surface area contributed by atoms with E-state index in [-0.39, 0.29) is 5.41 Å². The van der Waals surface area contributed by atoms with Gasteiger partial charge >= 0.3 is 5.97 Å². The molecule has 3 nitrogen and oxygen atoms in total. The van der Waals surface area contributed by atoms with Crippen LogP contribution in [0.4, 0.5) is 0 Å². The van der Waals surface area contributed by atoms with Gasteiger partial charge in [0.1, 0.15) is 0 Å². The summed E-state index contributed by atoms with van der Waals surface area (Å²) >= 11 is 0. The lowest BCUT2D eigenvalue weighted by molar-refractivity contribution is -0.152. The van der Waals surface area contributed by atoms with E-state index < -0.39 is 11.4 Å². The van der Waals surface area contributed by atoms with Crippen molar-refractivity contribution in [1.82, 2.24) is 0 Å². The zero-order valence-corrected chi connectivity index (χ0v) is 11.9. The number of benzene rings is 1. The van der Waals surface area contributed by atoms with E-state index in [4.69, 9.17) is 4.74 Å². The number of carboxylic acids is 1. The molecule has 1 aromatic carbocycles. The topological polar surface area (TPSA) is 46.5 Å². The van der Waals surface area contributed by atoms with Crippen LogP contribution < -0.4 is 0 Å². The normalized spacial score (nSPS) is 17.8. The van der Waals surface area contributed by atoms with Crippen molar-refractivity contribution in [3.8, 4) is 0 Å². The van der Waals surface area contributed by atoms with Crippen LogP contribution >= 0.6 is 0 Å². The molecule has 0 amide bonds. The number of aliphatic carboxylic acids is 1. The highest BCUT2D eigenvalue weighted by atomic mass is 16.5. The summed E-state index contributed by atoms with van der Waals surface area (Å²) in [7, 11) is 0. The number of ether oxygens (including phenoxy) is 1. The number of hydrogen-bond donors (Lipinski definition) is 1. The molecular weight excluding hydrogens is 240 g/mol. The van der Waals surface area contributed by atoms with E-state index in [0.717, 1.165) is 6.42 Å². The first-order valence-electron chi connectivity index (χ1n) is 6.80. The molecule has 1 aliphatic rings. The Bertz CT molecular complexity index is 455. The molecule has 104 valence electrons. The maximum absolute atomic E-state index is 11.3. The van der Waals surface area contributed by atoms with Crippen molar-refractivity contribution in [3.05, 3.63) is 35.4 Å². The average Bonchev–Trinajstić information content (AvgIpc) is 2.34. The fourth-order valence-electron chi connectivity index (χ4n) is 2.73. The third kappa shape index (κ3) is 2.66. The molecule has 1 heterocycles. The van der Waals surface area contributed by atoms with Crippen LogP contribution in [0.25, 0.3) is 0 Å². The van der Waals surface area contributed by atoms with Crippen molar-refractivity contribution in [2.45, 2.75) is 39.0 Å². The first-order valence-corrected chi connectivity index (χ1v) is 6.80. The highest BCUT2D eigenvalue weighted by molar-refractivity contribution is 5.73. The Balaban J connectivity index is 2.24. The van der Waals surface area contributed by atoms with E-state index in [2.05, 4.69) is 31.2 Å². The van der Waals surface area contributed by atoms with Crippen LogP contribution in [0.2, 0.25) is 0 Å². The Labute approximate surface area is 114 Å². The van der Waals surface area contributed by atoms with Crippen LogP contribution in [-0.2, 0) is 21.4 Å². The zero-order chi connectivity index (χ0) is 14.1. The first-order chi connectivity index (χ1) is 8.89. The van der Waals surface area contributed by atoms with Gasteiger partial charge in [0, 0.05) is 5.41 Å². The van der Waals surface area contributed by atoms with Crippen LogP contribution in [0.15, 0.2) is 24.3 Å². The standard InChI is InChI=1S/C16H22O3/c1-4-12-5-7-13(8-6-12)16(10-19-11-16)9-15(2,3)14(17)18/h5-8H,4,9-11H2,1-3H3,(H,17,18). The smallest absolute Gasteiger partial charge is 0.309 e. The quantitative estimate of drug-likeness (QED) is 0.887. The predicted octanol–water partition coefficient (Wildman–Crippen LogP) is 3.02. The molecule has 1 saturated heterocycles. The molecule has 0 aromatic heterocycles. The third-order valence-corrected chi connectivity index (χ3v) is 4.09. The Hall–Kier alpha value is -1.35. The number of aryl methyl sites for hydroxylation is 1. The highest BCUT2D eigenvalue weighted by Gasteiger charge is 2.46. The first kappa shape index (κ1) is 14.1. The minimum absolute atomic E-state index is 0.131. The fourth-order valence-corrected chi connectivity index (χ4v) is 2.73. The number of carbonyl (C=O) groups is 1. The van der Waals surface area contributed by atoms with Crippen molar-refractivity contribution < 1.29 is 14.6 Å². The molecule has 1 aliphatic heterocycles. The van der Waals surface area contributed by atoms with E-state index in [1.165, 1.54) is 11.1 Å². The van der Waals surface area contributed by atoms with Gasteiger partial charge in [-0.1, -0.05) is 31.2 Å². The Morgan fingerprint density at radius 3 is 2.26 bits per heavy atom. The summed E-state index contributed by atoms with van der Waals surface area (Å²) in [5.41, 5.74) is 1.64. The SMILES string of the molecule is CCc1ccc(C2(CC(C)(C)C(=O)O)COC2)cc1. The molecule has 0 aliphatic carbocycles. The molecule has 0 saturated carbocycles. The Kier molecular flexibility index (Phi) is 3.68. The molecule has 0 spiro atoms. The number of hydrogen-bond acceptors (Lipinski definition) is 2. The molecule has 0 radical (unpaired) electrons. The summed E-state index contributed by atoms with van der Waals surface area (Å²) in [5.74, 6) is -0.746. The van der Waals surface area contributed by atoms with Crippen molar-refractivity contribution in [2.24, 2.45) is 5.41 Å². The maximum Gasteiger partial charge on any atom is 0.309 e. The molecule has 0 atom stereocenters. The minimum atomic E-state index is -0.746. The molecule has 2 rings (SSSR count). The van der Waals surface area contributed by atoms with E-state index in [1.807, 2.05) is 0 Å². The van der Waals surface area contributed by atoms with E-state index in [0.29, 0.717) is 19.6 Å². The number of carboxylic acid groups (broad SMARTS) is 1. The van der Waals surface area contributed by atoms with E-state index in [9.17, 15) is 9.90 Å². The number of rotatable bonds is 5. The van der Waals surface area contributed by atoms with Gasteiger partial charge < -0.3 is 9.84 Å². The van der Waals surface area contributed by atoms with Gasteiger partial charge in [0.15, 0.2) is 0 Å². The fraction of sp³-hybridized carbons (Fsp3) is 0.562. The molecule has 1 aromatic rings. The van der Waals surface area contributed by atoms with Crippen LogP contribution in [0.1, 0.15) is 38.3 Å². The molecule has 3 heteroatoms. The Morgan fingerprint density at radius 1 is 1.32 bits per heavy atom. The highest BCUT2D eigenvalue weighted by Crippen LogP contribution is 2.42. The van der Waals surface area contributed by atoms with Gasteiger partial charge in [-0.05, 0) is 37.8 Å². The zero-order valence-electron chi connectivity index (χ0n) is 11.9. The van der Waals surface area contributed by atoms with Gasteiger partial charge in [0.05, 0.1) is 18.6 Å². The monoisotopic (exact) mass is 262 g/mol. The largest absolute Gasteiger partial charge is 0.481 e.